The van der Waals surface area contributed by atoms with Gasteiger partial charge in [-0.05, 0) is 35.8 Å². The van der Waals surface area contributed by atoms with Crippen molar-refractivity contribution in [2.45, 2.75) is 32.3 Å². The number of hydrogen-bond acceptors (Lipinski definition) is 3. The van der Waals surface area contributed by atoms with E-state index in [1.807, 2.05) is 43.3 Å². The lowest BCUT2D eigenvalue weighted by Crippen LogP contribution is -2.11. The van der Waals surface area contributed by atoms with Crippen LogP contribution in [0.15, 0.2) is 60.2 Å². The molecule has 3 heteroatoms. The summed E-state index contributed by atoms with van der Waals surface area (Å²) in [6.45, 7) is 2.03. The maximum atomic E-state index is 12.6. The molecule has 0 fully saturated rings. The van der Waals surface area contributed by atoms with Crippen LogP contribution in [0.2, 0.25) is 0 Å². The van der Waals surface area contributed by atoms with Crippen molar-refractivity contribution in [1.82, 2.24) is 0 Å². The summed E-state index contributed by atoms with van der Waals surface area (Å²) in [5.41, 5.74) is 2.40. The van der Waals surface area contributed by atoms with Gasteiger partial charge >= 0.3 is 0 Å². The second kappa shape index (κ2) is 8.81. The van der Waals surface area contributed by atoms with Crippen LogP contribution in [-0.2, 0) is 4.79 Å². The number of aliphatic hydroxyl groups is 1. The summed E-state index contributed by atoms with van der Waals surface area (Å²) in [5, 5.41) is 19.6. The largest absolute Gasteiger partial charge is 0.384 e. The Morgan fingerprint density at radius 3 is 2.42 bits per heavy atom. The lowest BCUT2D eigenvalue weighted by atomic mass is 9.93. The maximum Gasteiger partial charge on any atom is 0.161 e. The third-order valence-electron chi connectivity index (χ3n) is 3.85. The van der Waals surface area contributed by atoms with E-state index in [0.717, 1.165) is 18.4 Å². The van der Waals surface area contributed by atoms with Crippen molar-refractivity contribution < 1.29 is 9.90 Å². The third-order valence-corrected chi connectivity index (χ3v) is 3.85. The predicted molar refractivity (Wildman–Crippen MR) is 95.1 cm³/mol. The predicted octanol–water partition coefficient (Wildman–Crippen LogP) is 4.43. The number of benzene rings is 2. The first kappa shape index (κ1) is 17.7. The molecule has 1 unspecified atom stereocenters. The Bertz CT molecular complexity index is 740. The quantitative estimate of drug-likeness (QED) is 0.768. The SMILES string of the molecule is CCCCC(=O)/C(=C\c1ccccc1)C(O)c1ccc(C#N)cc1. The zero-order valence-corrected chi connectivity index (χ0v) is 13.8. The van der Waals surface area contributed by atoms with E-state index in [1.165, 1.54) is 0 Å². The first-order valence-corrected chi connectivity index (χ1v) is 8.13. The first-order valence-electron chi connectivity index (χ1n) is 8.13. The van der Waals surface area contributed by atoms with E-state index in [4.69, 9.17) is 5.26 Å². The van der Waals surface area contributed by atoms with Gasteiger partial charge in [0.2, 0.25) is 0 Å². The van der Waals surface area contributed by atoms with Gasteiger partial charge in [0.25, 0.3) is 0 Å². The van der Waals surface area contributed by atoms with E-state index < -0.39 is 6.10 Å². The minimum absolute atomic E-state index is 0.0439. The summed E-state index contributed by atoms with van der Waals surface area (Å²) in [4.78, 5) is 12.6. The normalized spacial score (nSPS) is 12.5. The Morgan fingerprint density at radius 1 is 1.17 bits per heavy atom. The standard InChI is InChI=1S/C21H21NO2/c1-2-3-9-20(23)19(14-16-7-5-4-6-8-16)21(24)18-12-10-17(15-22)11-13-18/h4-8,10-14,21,24H,2-3,9H2,1H3/b19-14+. The number of ketones is 1. The van der Waals surface area contributed by atoms with Gasteiger partial charge in [0.15, 0.2) is 5.78 Å². The van der Waals surface area contributed by atoms with Crippen molar-refractivity contribution in [2.75, 3.05) is 0 Å². The molecule has 0 saturated heterocycles. The van der Waals surface area contributed by atoms with Gasteiger partial charge < -0.3 is 5.11 Å². The van der Waals surface area contributed by atoms with Gasteiger partial charge in [0.05, 0.1) is 11.6 Å². The highest BCUT2D eigenvalue weighted by Crippen LogP contribution is 2.26. The minimum Gasteiger partial charge on any atom is -0.384 e. The molecule has 1 atom stereocenters. The van der Waals surface area contributed by atoms with E-state index in [1.54, 1.807) is 30.3 Å². The number of aliphatic hydroxyl groups excluding tert-OH is 1. The first-order chi connectivity index (χ1) is 11.7. The number of unbranched alkanes of at least 4 members (excludes halogenated alkanes) is 1. The fraction of sp³-hybridized carbons (Fsp3) is 0.238. The molecule has 0 spiro atoms. The van der Waals surface area contributed by atoms with E-state index in [2.05, 4.69) is 0 Å². The van der Waals surface area contributed by atoms with Crippen LogP contribution in [0.5, 0.6) is 0 Å². The van der Waals surface area contributed by atoms with Crippen LogP contribution in [0.1, 0.15) is 49.0 Å². The second-order valence-corrected chi connectivity index (χ2v) is 5.67. The molecule has 0 bridgehead atoms. The molecule has 0 heterocycles. The summed E-state index contributed by atoms with van der Waals surface area (Å²) >= 11 is 0. The van der Waals surface area contributed by atoms with Crippen LogP contribution in [0, 0.1) is 11.3 Å². The Balaban J connectivity index is 2.35. The molecule has 2 aromatic carbocycles. The highest BCUT2D eigenvalue weighted by atomic mass is 16.3. The zero-order valence-electron chi connectivity index (χ0n) is 13.8. The summed E-state index contributed by atoms with van der Waals surface area (Å²) in [6.07, 6.45) is 2.90. The third kappa shape index (κ3) is 4.65. The Morgan fingerprint density at radius 2 is 1.83 bits per heavy atom. The van der Waals surface area contributed by atoms with E-state index in [9.17, 15) is 9.90 Å². The Labute approximate surface area is 142 Å². The van der Waals surface area contributed by atoms with E-state index >= 15 is 0 Å². The van der Waals surface area contributed by atoms with Gasteiger partial charge in [-0.25, -0.2) is 0 Å². The number of Topliss-reactive ketones (excluding diaryl/α,β-unsaturated/α-hetero) is 1. The molecular weight excluding hydrogens is 298 g/mol. The molecule has 0 aliphatic carbocycles. The molecule has 1 N–H and O–H groups in total. The smallest absolute Gasteiger partial charge is 0.161 e. The molecule has 122 valence electrons. The molecule has 24 heavy (non-hydrogen) atoms. The molecule has 0 aromatic heterocycles. The number of carbonyl (C=O) groups excluding carboxylic acids is 1. The van der Waals surface area contributed by atoms with Crippen LogP contribution in [-0.4, -0.2) is 10.9 Å². The van der Waals surface area contributed by atoms with Crippen molar-refractivity contribution >= 4 is 11.9 Å². The van der Waals surface area contributed by atoms with Crippen LogP contribution >= 0.6 is 0 Å². The zero-order chi connectivity index (χ0) is 17.4. The van der Waals surface area contributed by atoms with Crippen molar-refractivity contribution in [1.29, 1.82) is 5.26 Å². The number of nitriles is 1. The summed E-state index contributed by atoms with van der Waals surface area (Å²) in [7, 11) is 0. The highest BCUT2D eigenvalue weighted by molar-refractivity contribution is 6.00. The maximum absolute atomic E-state index is 12.6. The molecule has 0 aliphatic heterocycles. The number of carbonyl (C=O) groups is 1. The monoisotopic (exact) mass is 319 g/mol. The van der Waals surface area contributed by atoms with Gasteiger partial charge in [-0.3, -0.25) is 4.79 Å². The van der Waals surface area contributed by atoms with Crippen molar-refractivity contribution in [2.24, 2.45) is 0 Å². The summed E-state index contributed by atoms with van der Waals surface area (Å²) in [6, 6.07) is 18.2. The topological polar surface area (TPSA) is 61.1 Å². The Kier molecular flexibility index (Phi) is 6.48. The average molecular weight is 319 g/mol. The van der Waals surface area contributed by atoms with Crippen molar-refractivity contribution in [3.05, 3.63) is 76.9 Å². The van der Waals surface area contributed by atoms with Gasteiger partial charge in [-0.15, -0.1) is 0 Å². The van der Waals surface area contributed by atoms with Crippen LogP contribution in [0.3, 0.4) is 0 Å². The summed E-state index contributed by atoms with van der Waals surface area (Å²) < 4.78 is 0. The fourth-order valence-electron chi connectivity index (χ4n) is 2.44. The molecule has 2 rings (SSSR count). The fourth-order valence-corrected chi connectivity index (χ4v) is 2.44. The van der Waals surface area contributed by atoms with Crippen molar-refractivity contribution in [3.8, 4) is 6.07 Å². The molecule has 0 saturated carbocycles. The van der Waals surface area contributed by atoms with Gasteiger partial charge in [0.1, 0.15) is 6.10 Å². The van der Waals surface area contributed by atoms with Gasteiger partial charge in [-0.1, -0.05) is 55.8 Å². The van der Waals surface area contributed by atoms with E-state index in [0.29, 0.717) is 23.1 Å². The number of nitrogens with zero attached hydrogens (tertiary/aromatic N) is 1. The van der Waals surface area contributed by atoms with Crippen LogP contribution < -0.4 is 0 Å². The molecule has 3 nitrogen and oxygen atoms in total. The second-order valence-electron chi connectivity index (χ2n) is 5.67. The van der Waals surface area contributed by atoms with Gasteiger partial charge in [-0.2, -0.15) is 5.26 Å². The molecule has 0 radical (unpaired) electrons. The average Bonchev–Trinajstić information content (AvgIpc) is 2.64. The molecule has 2 aromatic rings. The minimum atomic E-state index is -0.998. The molecule has 0 aliphatic rings. The lowest BCUT2D eigenvalue weighted by molar-refractivity contribution is -0.116. The van der Waals surface area contributed by atoms with E-state index in [-0.39, 0.29) is 5.78 Å². The number of rotatable bonds is 7. The lowest BCUT2D eigenvalue weighted by Gasteiger charge is -2.15. The molecule has 0 amide bonds. The number of hydrogen-bond donors (Lipinski definition) is 1. The van der Waals surface area contributed by atoms with Crippen LogP contribution in [0.25, 0.3) is 6.08 Å². The summed E-state index contributed by atoms with van der Waals surface area (Å²) in [5.74, 6) is -0.0439. The van der Waals surface area contributed by atoms with Crippen LogP contribution in [0.4, 0.5) is 0 Å². The Hall–Kier alpha value is -2.70. The van der Waals surface area contributed by atoms with Gasteiger partial charge in [0, 0.05) is 12.0 Å². The highest BCUT2D eigenvalue weighted by Gasteiger charge is 2.20. The van der Waals surface area contributed by atoms with Crippen molar-refractivity contribution in [3.63, 3.8) is 0 Å². The molecular formula is C21H21NO2.